The topological polar surface area (TPSA) is 41.7 Å². The number of hydrogen-bond acceptors (Lipinski definition) is 2. The molecule has 0 bridgehead atoms. The van der Waals surface area contributed by atoms with Crippen molar-refractivity contribution in [2.75, 3.05) is 0 Å². The maximum Gasteiger partial charge on any atom is 0.106 e. The van der Waals surface area contributed by atoms with Crippen molar-refractivity contribution in [1.82, 2.24) is 9.55 Å². The quantitative estimate of drug-likeness (QED) is 0.733. The summed E-state index contributed by atoms with van der Waals surface area (Å²) in [6, 6.07) is 0.377. The van der Waals surface area contributed by atoms with Gasteiger partial charge in [0.15, 0.2) is 0 Å². The predicted molar refractivity (Wildman–Crippen MR) is 59.8 cm³/mol. The van der Waals surface area contributed by atoms with Crippen LogP contribution in [0.5, 0.6) is 0 Å². The van der Waals surface area contributed by atoms with Crippen LogP contribution in [0.1, 0.15) is 38.3 Å². The summed E-state index contributed by atoms with van der Waals surface area (Å²) in [5.41, 5.74) is 1.94. The average molecular weight is 191 g/mol. The van der Waals surface area contributed by atoms with Gasteiger partial charge in [0.2, 0.25) is 0 Å². The molecule has 0 amide bonds. The normalized spacial score (nSPS) is 12.2. The number of nitrogens with zero attached hydrogens (tertiary/aromatic N) is 2. The Balaban J connectivity index is 3.28. The number of allylic oxidation sites excluding steroid dienone is 2. The van der Waals surface area contributed by atoms with Crippen LogP contribution in [0.3, 0.4) is 0 Å². The largest absolute Gasteiger partial charge is 0.326 e. The summed E-state index contributed by atoms with van der Waals surface area (Å²) in [5, 5.41) is 7.31. The first-order valence-electron chi connectivity index (χ1n) is 4.82. The van der Waals surface area contributed by atoms with Gasteiger partial charge in [-0.25, -0.2) is 4.98 Å². The van der Waals surface area contributed by atoms with Crippen molar-refractivity contribution in [3.05, 3.63) is 23.8 Å². The highest BCUT2D eigenvalue weighted by Crippen LogP contribution is 2.19. The monoisotopic (exact) mass is 191 g/mol. The van der Waals surface area contributed by atoms with Crippen molar-refractivity contribution < 1.29 is 0 Å². The Labute approximate surface area is 85.0 Å². The van der Waals surface area contributed by atoms with Gasteiger partial charge >= 0.3 is 0 Å². The fraction of sp³-hybridized carbons (Fsp3) is 0.455. The number of nitrogens with one attached hydrogen (secondary N) is 1. The molecular formula is C11H17N3. The van der Waals surface area contributed by atoms with Gasteiger partial charge in [-0.2, -0.15) is 0 Å². The maximum atomic E-state index is 7.31. The zero-order chi connectivity index (χ0) is 10.7. The van der Waals surface area contributed by atoms with Crippen LogP contribution in [-0.4, -0.2) is 15.8 Å². The standard InChI is InChI=1S/C11H17N3/c1-5-10(6-12)11-7-13-9(4)14(11)8(2)3/h5-8,12H,1-4H3/b10-5+,12-6?. The third kappa shape index (κ3) is 1.76. The van der Waals surface area contributed by atoms with E-state index in [0.717, 1.165) is 17.1 Å². The van der Waals surface area contributed by atoms with Gasteiger partial charge in [-0.3, -0.25) is 0 Å². The van der Waals surface area contributed by atoms with Gasteiger partial charge in [0.1, 0.15) is 5.82 Å². The molecule has 1 aromatic heterocycles. The van der Waals surface area contributed by atoms with Crippen molar-refractivity contribution in [2.45, 2.75) is 33.7 Å². The molecule has 0 aliphatic carbocycles. The SMILES string of the molecule is C/C=C(\C=N)c1cnc(C)n1C(C)C. The van der Waals surface area contributed by atoms with Crippen LogP contribution in [0.4, 0.5) is 0 Å². The minimum Gasteiger partial charge on any atom is -0.326 e. The van der Waals surface area contributed by atoms with Crippen LogP contribution in [0.2, 0.25) is 0 Å². The molecule has 0 atom stereocenters. The molecule has 14 heavy (non-hydrogen) atoms. The lowest BCUT2D eigenvalue weighted by atomic mass is 10.2. The predicted octanol–water partition coefficient (Wildman–Crippen LogP) is 2.83. The second-order valence-electron chi connectivity index (χ2n) is 3.54. The van der Waals surface area contributed by atoms with Gasteiger partial charge in [-0.1, -0.05) is 6.08 Å². The van der Waals surface area contributed by atoms with E-state index in [1.807, 2.05) is 26.1 Å². The molecule has 0 saturated heterocycles. The molecule has 0 aliphatic heterocycles. The molecule has 1 heterocycles. The van der Waals surface area contributed by atoms with E-state index in [1.54, 1.807) is 0 Å². The van der Waals surface area contributed by atoms with Crippen LogP contribution in [0.25, 0.3) is 5.57 Å². The molecule has 1 N–H and O–H groups in total. The molecule has 0 unspecified atom stereocenters. The highest BCUT2D eigenvalue weighted by molar-refractivity contribution is 6.07. The Bertz CT molecular complexity index is 359. The fourth-order valence-corrected chi connectivity index (χ4v) is 1.62. The highest BCUT2D eigenvalue weighted by atomic mass is 15.1. The first-order valence-corrected chi connectivity index (χ1v) is 4.82. The lowest BCUT2D eigenvalue weighted by Crippen LogP contribution is -2.07. The van der Waals surface area contributed by atoms with Crippen molar-refractivity contribution in [3.63, 3.8) is 0 Å². The molecule has 1 rings (SSSR count). The van der Waals surface area contributed by atoms with Gasteiger partial charge in [0, 0.05) is 17.8 Å². The minimum absolute atomic E-state index is 0.377. The summed E-state index contributed by atoms with van der Waals surface area (Å²) in [6.45, 7) is 8.17. The van der Waals surface area contributed by atoms with Crippen LogP contribution >= 0.6 is 0 Å². The summed E-state index contributed by atoms with van der Waals surface area (Å²) in [4.78, 5) is 4.27. The summed E-state index contributed by atoms with van der Waals surface area (Å²) in [5.74, 6) is 0.996. The Morgan fingerprint density at radius 3 is 2.64 bits per heavy atom. The van der Waals surface area contributed by atoms with Crippen molar-refractivity contribution in [1.29, 1.82) is 5.41 Å². The lowest BCUT2D eigenvalue weighted by Gasteiger charge is -2.14. The molecule has 0 fully saturated rings. The Morgan fingerprint density at radius 1 is 1.57 bits per heavy atom. The van der Waals surface area contributed by atoms with Crippen molar-refractivity contribution >= 4 is 11.8 Å². The highest BCUT2D eigenvalue weighted by Gasteiger charge is 2.11. The molecule has 0 aromatic carbocycles. The van der Waals surface area contributed by atoms with Gasteiger partial charge in [0.25, 0.3) is 0 Å². The van der Waals surface area contributed by atoms with E-state index >= 15 is 0 Å². The van der Waals surface area contributed by atoms with Gasteiger partial charge in [-0.15, -0.1) is 0 Å². The molecular weight excluding hydrogens is 174 g/mol. The maximum absolute atomic E-state index is 7.31. The summed E-state index contributed by atoms with van der Waals surface area (Å²) in [7, 11) is 0. The first-order chi connectivity index (χ1) is 6.61. The van der Waals surface area contributed by atoms with E-state index < -0.39 is 0 Å². The summed E-state index contributed by atoms with van der Waals surface area (Å²) >= 11 is 0. The molecule has 1 aromatic rings. The molecule has 0 radical (unpaired) electrons. The van der Waals surface area contributed by atoms with Gasteiger partial charge < -0.3 is 9.98 Å². The second-order valence-corrected chi connectivity index (χ2v) is 3.54. The summed E-state index contributed by atoms with van der Waals surface area (Å²) in [6.07, 6.45) is 5.13. The third-order valence-electron chi connectivity index (χ3n) is 2.26. The second kappa shape index (κ2) is 4.22. The Kier molecular flexibility index (Phi) is 3.23. The van der Waals surface area contributed by atoms with E-state index in [-0.39, 0.29) is 0 Å². The van der Waals surface area contributed by atoms with Gasteiger partial charge in [0.05, 0.1) is 11.9 Å². The van der Waals surface area contributed by atoms with Crippen LogP contribution in [0.15, 0.2) is 12.3 Å². The van der Waals surface area contributed by atoms with Crippen molar-refractivity contribution in [2.24, 2.45) is 0 Å². The zero-order valence-corrected chi connectivity index (χ0v) is 9.20. The van der Waals surface area contributed by atoms with E-state index in [0.29, 0.717) is 6.04 Å². The zero-order valence-electron chi connectivity index (χ0n) is 9.20. The lowest BCUT2D eigenvalue weighted by molar-refractivity contribution is 0.578. The number of aryl methyl sites for hydroxylation is 1. The van der Waals surface area contributed by atoms with Crippen LogP contribution < -0.4 is 0 Å². The van der Waals surface area contributed by atoms with E-state index in [2.05, 4.69) is 23.4 Å². The van der Waals surface area contributed by atoms with Crippen LogP contribution in [-0.2, 0) is 0 Å². The Hall–Kier alpha value is -1.38. The number of hydrogen-bond donors (Lipinski definition) is 1. The number of rotatable bonds is 3. The number of imidazole rings is 1. The number of aromatic nitrogens is 2. The average Bonchev–Trinajstić information content (AvgIpc) is 2.50. The van der Waals surface area contributed by atoms with Crippen LogP contribution in [0, 0.1) is 12.3 Å². The third-order valence-corrected chi connectivity index (χ3v) is 2.26. The fourth-order valence-electron chi connectivity index (χ4n) is 1.62. The molecule has 0 aliphatic rings. The first kappa shape index (κ1) is 10.7. The summed E-state index contributed by atoms with van der Waals surface area (Å²) < 4.78 is 2.14. The van der Waals surface area contributed by atoms with Gasteiger partial charge in [-0.05, 0) is 27.7 Å². The Morgan fingerprint density at radius 2 is 2.21 bits per heavy atom. The molecule has 76 valence electrons. The minimum atomic E-state index is 0.377. The van der Waals surface area contributed by atoms with E-state index in [9.17, 15) is 0 Å². The smallest absolute Gasteiger partial charge is 0.106 e. The molecule has 3 nitrogen and oxygen atoms in total. The van der Waals surface area contributed by atoms with Crippen molar-refractivity contribution in [3.8, 4) is 0 Å². The molecule has 3 heteroatoms. The van der Waals surface area contributed by atoms with E-state index in [4.69, 9.17) is 5.41 Å². The van der Waals surface area contributed by atoms with E-state index in [1.165, 1.54) is 6.21 Å². The molecule has 0 saturated carbocycles. The molecule has 0 spiro atoms.